The van der Waals surface area contributed by atoms with Crippen LogP contribution in [0.5, 0.6) is 0 Å². The molecule has 0 radical (unpaired) electrons. The molecule has 1 unspecified atom stereocenters. The van der Waals surface area contributed by atoms with E-state index in [1.54, 1.807) is 18.2 Å². The second-order valence-electron chi connectivity index (χ2n) is 3.87. The van der Waals surface area contributed by atoms with Crippen LogP contribution in [0.15, 0.2) is 35.1 Å². The normalized spacial score (nSPS) is 12.0. The van der Waals surface area contributed by atoms with E-state index in [1.807, 2.05) is 0 Å². The molecule has 2 heterocycles. The van der Waals surface area contributed by atoms with Gasteiger partial charge in [0.25, 0.3) is 0 Å². The van der Waals surface area contributed by atoms with Crippen LogP contribution in [-0.2, 0) is 4.74 Å². The molecular formula is C13H10BrClN2O3. The molecule has 7 heteroatoms. The van der Waals surface area contributed by atoms with Gasteiger partial charge in [-0.05, 0) is 34.1 Å². The highest BCUT2D eigenvalue weighted by atomic mass is 79.9. The number of rotatable bonds is 3. The van der Waals surface area contributed by atoms with E-state index >= 15 is 0 Å². The Labute approximate surface area is 128 Å². The number of hydrogen-bond acceptors (Lipinski definition) is 5. The van der Waals surface area contributed by atoms with Crippen LogP contribution in [0.2, 0.25) is 5.02 Å². The lowest BCUT2D eigenvalue weighted by molar-refractivity contribution is 0.0594. The predicted octanol–water partition coefficient (Wildman–Crippen LogP) is 2.76. The maximum Gasteiger partial charge on any atom is 0.356 e. The molecule has 2 aromatic rings. The fourth-order valence-electron chi connectivity index (χ4n) is 1.59. The predicted molar refractivity (Wildman–Crippen MR) is 76.6 cm³/mol. The van der Waals surface area contributed by atoms with Gasteiger partial charge in [-0.25, -0.2) is 14.8 Å². The Morgan fingerprint density at radius 3 is 2.85 bits per heavy atom. The van der Waals surface area contributed by atoms with E-state index in [2.05, 4.69) is 30.6 Å². The number of aromatic nitrogens is 2. The van der Waals surface area contributed by atoms with E-state index in [9.17, 15) is 9.90 Å². The van der Waals surface area contributed by atoms with E-state index in [4.69, 9.17) is 11.6 Å². The lowest BCUT2D eigenvalue weighted by Crippen LogP contribution is -2.08. The van der Waals surface area contributed by atoms with E-state index in [0.29, 0.717) is 15.9 Å². The summed E-state index contributed by atoms with van der Waals surface area (Å²) in [6, 6.07) is 6.51. The molecule has 0 aliphatic carbocycles. The monoisotopic (exact) mass is 356 g/mol. The number of carbonyl (C=O) groups excluding carboxylic acids is 1. The number of pyridine rings is 2. The third kappa shape index (κ3) is 3.15. The van der Waals surface area contributed by atoms with Crippen LogP contribution < -0.4 is 0 Å². The van der Waals surface area contributed by atoms with Crippen LogP contribution >= 0.6 is 27.5 Å². The zero-order valence-electron chi connectivity index (χ0n) is 10.4. The van der Waals surface area contributed by atoms with Crippen molar-refractivity contribution in [2.75, 3.05) is 7.11 Å². The Kier molecular flexibility index (Phi) is 4.69. The SMILES string of the molecule is COC(=O)c1cc(Cl)c(C(O)c2cccc(Br)n2)cn1. The lowest BCUT2D eigenvalue weighted by atomic mass is 10.1. The second-order valence-corrected chi connectivity index (χ2v) is 5.09. The van der Waals surface area contributed by atoms with Crippen molar-refractivity contribution in [3.63, 3.8) is 0 Å². The van der Waals surface area contributed by atoms with Gasteiger partial charge in [0, 0.05) is 11.8 Å². The van der Waals surface area contributed by atoms with Crippen molar-refractivity contribution in [2.24, 2.45) is 0 Å². The molecule has 0 aliphatic heterocycles. The fourth-order valence-corrected chi connectivity index (χ4v) is 2.21. The van der Waals surface area contributed by atoms with Gasteiger partial charge in [0.05, 0.1) is 17.8 Å². The molecule has 0 aliphatic rings. The number of nitrogens with zero attached hydrogens (tertiary/aromatic N) is 2. The summed E-state index contributed by atoms with van der Waals surface area (Å²) < 4.78 is 5.15. The Morgan fingerprint density at radius 2 is 2.25 bits per heavy atom. The standard InChI is InChI=1S/C13H10BrClN2O3/c1-20-13(19)10-5-8(15)7(6-16-10)12(18)9-3-2-4-11(14)17-9/h2-6,12,18H,1H3. The van der Waals surface area contributed by atoms with Gasteiger partial charge in [0.2, 0.25) is 0 Å². The molecule has 0 amide bonds. The maximum absolute atomic E-state index is 11.3. The third-order valence-electron chi connectivity index (χ3n) is 2.59. The summed E-state index contributed by atoms with van der Waals surface area (Å²) in [5, 5.41) is 10.5. The lowest BCUT2D eigenvalue weighted by Gasteiger charge is -2.12. The number of esters is 1. The summed E-state index contributed by atoms with van der Waals surface area (Å²) in [6.45, 7) is 0. The minimum atomic E-state index is -1.03. The van der Waals surface area contributed by atoms with Crippen LogP contribution in [-0.4, -0.2) is 28.2 Å². The van der Waals surface area contributed by atoms with E-state index < -0.39 is 12.1 Å². The molecule has 0 aromatic carbocycles. The summed E-state index contributed by atoms with van der Waals surface area (Å²) in [7, 11) is 1.26. The van der Waals surface area contributed by atoms with Crippen LogP contribution in [0.25, 0.3) is 0 Å². The number of aliphatic hydroxyl groups is 1. The van der Waals surface area contributed by atoms with Crippen LogP contribution in [0.4, 0.5) is 0 Å². The zero-order valence-corrected chi connectivity index (χ0v) is 12.7. The Morgan fingerprint density at radius 1 is 1.50 bits per heavy atom. The van der Waals surface area contributed by atoms with Gasteiger partial charge < -0.3 is 9.84 Å². The molecule has 0 saturated carbocycles. The number of hydrogen-bond donors (Lipinski definition) is 1. The van der Waals surface area contributed by atoms with Crippen molar-refractivity contribution in [3.05, 3.63) is 57.0 Å². The first-order chi connectivity index (χ1) is 9.52. The highest BCUT2D eigenvalue weighted by Crippen LogP contribution is 2.27. The average molecular weight is 358 g/mol. The first-order valence-corrected chi connectivity index (χ1v) is 6.74. The van der Waals surface area contributed by atoms with Crippen LogP contribution in [0, 0.1) is 0 Å². The molecule has 104 valence electrons. The van der Waals surface area contributed by atoms with E-state index in [0.717, 1.165) is 0 Å². The number of methoxy groups -OCH3 is 1. The molecule has 20 heavy (non-hydrogen) atoms. The third-order valence-corrected chi connectivity index (χ3v) is 3.36. The summed E-state index contributed by atoms with van der Waals surface area (Å²) in [6.07, 6.45) is 0.307. The zero-order chi connectivity index (χ0) is 14.7. The highest BCUT2D eigenvalue weighted by molar-refractivity contribution is 9.10. The smallest absolute Gasteiger partial charge is 0.356 e. The van der Waals surface area contributed by atoms with Gasteiger partial charge in [0.15, 0.2) is 0 Å². The number of halogens is 2. The largest absolute Gasteiger partial charge is 0.464 e. The average Bonchev–Trinajstić information content (AvgIpc) is 2.45. The quantitative estimate of drug-likeness (QED) is 0.675. The van der Waals surface area contributed by atoms with Crippen molar-refractivity contribution in [1.29, 1.82) is 0 Å². The van der Waals surface area contributed by atoms with Crippen molar-refractivity contribution in [1.82, 2.24) is 9.97 Å². The van der Waals surface area contributed by atoms with Crippen molar-refractivity contribution in [3.8, 4) is 0 Å². The molecule has 1 atom stereocenters. The Balaban J connectivity index is 2.36. The number of aliphatic hydroxyl groups excluding tert-OH is 1. The Hall–Kier alpha value is -1.50. The molecule has 0 fully saturated rings. The summed E-state index contributed by atoms with van der Waals surface area (Å²) in [4.78, 5) is 19.4. The Bertz CT molecular complexity index is 651. The molecule has 5 nitrogen and oxygen atoms in total. The van der Waals surface area contributed by atoms with Crippen LogP contribution in [0.3, 0.4) is 0 Å². The maximum atomic E-state index is 11.3. The summed E-state index contributed by atoms with van der Waals surface area (Å²) in [5.74, 6) is -0.589. The van der Waals surface area contributed by atoms with Gasteiger partial charge >= 0.3 is 5.97 Å². The summed E-state index contributed by atoms with van der Waals surface area (Å²) >= 11 is 9.30. The minimum absolute atomic E-state index is 0.0793. The van der Waals surface area contributed by atoms with Crippen molar-refractivity contribution in [2.45, 2.75) is 6.10 Å². The second kappa shape index (κ2) is 6.30. The number of carbonyl (C=O) groups is 1. The highest BCUT2D eigenvalue weighted by Gasteiger charge is 2.18. The molecular weight excluding hydrogens is 348 g/mol. The van der Waals surface area contributed by atoms with Gasteiger partial charge in [-0.2, -0.15) is 0 Å². The molecule has 0 saturated heterocycles. The minimum Gasteiger partial charge on any atom is -0.464 e. The molecule has 2 rings (SSSR count). The first-order valence-electron chi connectivity index (χ1n) is 5.57. The molecule has 0 bridgehead atoms. The molecule has 0 spiro atoms. The molecule has 1 N–H and O–H groups in total. The van der Waals surface area contributed by atoms with Gasteiger partial charge in [-0.15, -0.1) is 0 Å². The van der Waals surface area contributed by atoms with Crippen LogP contribution in [0.1, 0.15) is 27.8 Å². The topological polar surface area (TPSA) is 72.3 Å². The summed E-state index contributed by atoms with van der Waals surface area (Å²) in [5.41, 5.74) is 0.870. The van der Waals surface area contributed by atoms with Crippen molar-refractivity contribution >= 4 is 33.5 Å². The van der Waals surface area contributed by atoms with Gasteiger partial charge in [0.1, 0.15) is 16.4 Å². The van der Waals surface area contributed by atoms with Gasteiger partial charge in [-0.3, -0.25) is 0 Å². The first kappa shape index (κ1) is 14.9. The van der Waals surface area contributed by atoms with E-state index in [1.165, 1.54) is 19.4 Å². The molecule has 2 aromatic heterocycles. The number of ether oxygens (including phenoxy) is 1. The van der Waals surface area contributed by atoms with E-state index in [-0.39, 0.29) is 10.7 Å². The fraction of sp³-hybridized carbons (Fsp3) is 0.154. The van der Waals surface area contributed by atoms with Gasteiger partial charge in [-0.1, -0.05) is 17.7 Å². The van der Waals surface area contributed by atoms with Crippen molar-refractivity contribution < 1.29 is 14.6 Å².